The van der Waals surface area contributed by atoms with Gasteiger partial charge in [-0.15, -0.1) is 0 Å². The molecule has 0 aliphatic carbocycles. The van der Waals surface area contributed by atoms with Gasteiger partial charge in [-0.1, -0.05) is 6.92 Å². The Labute approximate surface area is 101 Å². The average Bonchev–Trinajstić information content (AvgIpc) is 2.29. The number of carbonyl (C=O) groups is 2. The predicted octanol–water partition coefficient (Wildman–Crippen LogP) is 1.01. The Morgan fingerprint density at radius 1 is 1.39 bits per heavy atom. The quantitative estimate of drug-likeness (QED) is 0.775. The minimum atomic E-state index is -4.32. The maximum Gasteiger partial charge on any atom is 0.324 e. The van der Waals surface area contributed by atoms with Crippen molar-refractivity contribution in [1.82, 2.24) is 10.2 Å². The first-order valence-electron chi connectivity index (χ1n) is 5.47. The van der Waals surface area contributed by atoms with Gasteiger partial charge >= 0.3 is 12.3 Å². The largest absolute Gasteiger partial charge is 0.343 e. The van der Waals surface area contributed by atoms with Crippen LogP contribution in [0.3, 0.4) is 0 Å². The molecule has 1 rings (SSSR count). The molecule has 1 aliphatic heterocycles. The number of nitrogens with zero attached hydrogens (tertiary/aromatic N) is 1. The fourth-order valence-electron chi connectivity index (χ4n) is 1.67. The Balaban J connectivity index is 2.90. The number of halogens is 4. The lowest BCUT2D eigenvalue weighted by atomic mass is 10.1. The number of nitrogens with one attached hydrogen (secondary N) is 1. The number of hydrogen-bond acceptors (Lipinski definition) is 2. The van der Waals surface area contributed by atoms with Crippen LogP contribution in [0.1, 0.15) is 20.3 Å². The monoisotopic (exact) mass is 270 g/mol. The van der Waals surface area contributed by atoms with Gasteiger partial charge in [0.05, 0.1) is 6.54 Å². The molecule has 0 aromatic rings. The number of rotatable bonds is 4. The zero-order valence-electron chi connectivity index (χ0n) is 9.92. The molecule has 2 amide bonds. The van der Waals surface area contributed by atoms with Crippen LogP contribution in [-0.4, -0.2) is 47.7 Å². The van der Waals surface area contributed by atoms with Crippen LogP contribution in [-0.2, 0) is 9.59 Å². The van der Waals surface area contributed by atoms with Gasteiger partial charge in [-0.05, 0) is 13.3 Å². The number of amides is 2. The van der Waals surface area contributed by atoms with Crippen LogP contribution in [0.4, 0.5) is 17.6 Å². The third kappa shape index (κ3) is 2.73. The zero-order valence-corrected chi connectivity index (χ0v) is 9.92. The molecule has 0 aromatic carbocycles. The van der Waals surface area contributed by atoms with Crippen molar-refractivity contribution in [2.45, 2.75) is 44.7 Å². The third-order valence-corrected chi connectivity index (χ3v) is 2.85. The van der Waals surface area contributed by atoms with Gasteiger partial charge in [-0.2, -0.15) is 8.78 Å². The van der Waals surface area contributed by atoms with E-state index in [1.807, 2.05) is 0 Å². The second-order valence-corrected chi connectivity index (χ2v) is 4.17. The molecule has 1 aliphatic rings. The van der Waals surface area contributed by atoms with Gasteiger partial charge in [0, 0.05) is 0 Å². The Morgan fingerprint density at radius 2 is 1.94 bits per heavy atom. The van der Waals surface area contributed by atoms with Crippen LogP contribution in [0.15, 0.2) is 0 Å². The molecule has 2 atom stereocenters. The van der Waals surface area contributed by atoms with Gasteiger partial charge in [-0.3, -0.25) is 9.59 Å². The average molecular weight is 270 g/mol. The molecule has 4 nitrogen and oxygen atoms in total. The lowest BCUT2D eigenvalue weighted by Gasteiger charge is -2.38. The molecule has 1 saturated heterocycles. The van der Waals surface area contributed by atoms with Gasteiger partial charge < -0.3 is 10.2 Å². The van der Waals surface area contributed by atoms with E-state index in [0.717, 1.165) is 0 Å². The summed E-state index contributed by atoms with van der Waals surface area (Å²) in [6.07, 6.45) is -3.66. The molecule has 0 spiro atoms. The highest BCUT2D eigenvalue weighted by atomic mass is 19.3. The van der Waals surface area contributed by atoms with Gasteiger partial charge in [0.1, 0.15) is 12.1 Å². The molecule has 0 saturated carbocycles. The smallest absolute Gasteiger partial charge is 0.324 e. The molecule has 0 aromatic heterocycles. The Bertz CT molecular complexity index is 349. The number of alkyl halides is 4. The molecule has 2 unspecified atom stereocenters. The van der Waals surface area contributed by atoms with Gasteiger partial charge in [0.25, 0.3) is 0 Å². The van der Waals surface area contributed by atoms with Crippen molar-refractivity contribution in [2.24, 2.45) is 0 Å². The van der Waals surface area contributed by atoms with Crippen LogP contribution in [0.2, 0.25) is 0 Å². The summed E-state index contributed by atoms with van der Waals surface area (Å²) in [6.45, 7) is 1.36. The highest BCUT2D eigenvalue weighted by molar-refractivity contribution is 5.96. The second-order valence-electron chi connectivity index (χ2n) is 4.17. The normalized spacial score (nSPS) is 25.6. The molecule has 0 bridgehead atoms. The third-order valence-electron chi connectivity index (χ3n) is 2.85. The zero-order chi connectivity index (χ0) is 14.1. The Kier molecular flexibility index (Phi) is 4.18. The van der Waals surface area contributed by atoms with Crippen molar-refractivity contribution in [1.29, 1.82) is 0 Å². The molecule has 18 heavy (non-hydrogen) atoms. The maximum atomic E-state index is 13.0. The van der Waals surface area contributed by atoms with E-state index in [2.05, 4.69) is 5.32 Å². The van der Waals surface area contributed by atoms with Crippen LogP contribution >= 0.6 is 0 Å². The van der Waals surface area contributed by atoms with Crippen LogP contribution < -0.4 is 5.32 Å². The van der Waals surface area contributed by atoms with E-state index in [4.69, 9.17) is 0 Å². The highest BCUT2D eigenvalue weighted by Gasteiger charge is 2.47. The summed E-state index contributed by atoms with van der Waals surface area (Å²) in [5.41, 5.74) is 0. The molecule has 8 heteroatoms. The summed E-state index contributed by atoms with van der Waals surface area (Å²) >= 11 is 0. The van der Waals surface area contributed by atoms with Crippen molar-refractivity contribution in [2.75, 3.05) is 6.54 Å². The predicted molar refractivity (Wildman–Crippen MR) is 54.3 cm³/mol. The van der Waals surface area contributed by atoms with Crippen molar-refractivity contribution < 1.29 is 27.2 Å². The molecule has 1 fully saturated rings. The lowest BCUT2D eigenvalue weighted by molar-refractivity contribution is -0.169. The molecule has 1 heterocycles. The van der Waals surface area contributed by atoms with Gasteiger partial charge in [0.15, 0.2) is 0 Å². The molecular weight excluding hydrogens is 256 g/mol. The van der Waals surface area contributed by atoms with Gasteiger partial charge in [-0.25, -0.2) is 8.78 Å². The maximum absolute atomic E-state index is 13.0. The SMILES string of the molecule is CCC1NC(=O)C(C)N(CC(F)(F)C(F)F)C1=O. The summed E-state index contributed by atoms with van der Waals surface area (Å²) in [5, 5.41) is 2.35. The summed E-state index contributed by atoms with van der Waals surface area (Å²) in [6, 6.07) is -2.10. The van der Waals surface area contributed by atoms with E-state index in [1.165, 1.54) is 6.92 Å². The number of piperazine rings is 1. The van der Waals surface area contributed by atoms with Crippen LogP contribution in [0.5, 0.6) is 0 Å². The van der Waals surface area contributed by atoms with Crippen molar-refractivity contribution in [3.63, 3.8) is 0 Å². The fraction of sp³-hybridized carbons (Fsp3) is 0.800. The summed E-state index contributed by atoms with van der Waals surface area (Å²) in [5.74, 6) is -5.70. The summed E-state index contributed by atoms with van der Waals surface area (Å²) in [4.78, 5) is 23.7. The van der Waals surface area contributed by atoms with E-state index < -0.39 is 42.8 Å². The van der Waals surface area contributed by atoms with Crippen LogP contribution in [0, 0.1) is 0 Å². The Morgan fingerprint density at radius 3 is 2.39 bits per heavy atom. The van der Waals surface area contributed by atoms with Crippen LogP contribution in [0.25, 0.3) is 0 Å². The molecule has 1 N–H and O–H groups in total. The summed E-state index contributed by atoms with van der Waals surface area (Å²) in [7, 11) is 0. The lowest BCUT2D eigenvalue weighted by Crippen LogP contribution is -2.64. The molecule has 104 valence electrons. The fourth-order valence-corrected chi connectivity index (χ4v) is 1.67. The van der Waals surface area contributed by atoms with Crippen molar-refractivity contribution in [3.8, 4) is 0 Å². The van der Waals surface area contributed by atoms with E-state index in [9.17, 15) is 27.2 Å². The Hall–Kier alpha value is -1.34. The molecule has 0 radical (unpaired) electrons. The van der Waals surface area contributed by atoms with E-state index in [0.29, 0.717) is 4.90 Å². The topological polar surface area (TPSA) is 49.4 Å². The first-order chi connectivity index (χ1) is 8.20. The second kappa shape index (κ2) is 5.11. The summed E-state index contributed by atoms with van der Waals surface area (Å²) < 4.78 is 50.1. The minimum Gasteiger partial charge on any atom is -0.343 e. The van der Waals surface area contributed by atoms with E-state index >= 15 is 0 Å². The van der Waals surface area contributed by atoms with Crippen molar-refractivity contribution >= 4 is 11.8 Å². The number of hydrogen-bond donors (Lipinski definition) is 1. The van der Waals surface area contributed by atoms with E-state index in [-0.39, 0.29) is 6.42 Å². The molecular formula is C10H14F4N2O2. The standard InChI is InChI=1S/C10H14F4N2O2/c1-3-6-8(18)16(5(2)7(17)15-6)4-10(13,14)9(11)12/h5-6,9H,3-4H2,1-2H3,(H,15,17). The first-order valence-corrected chi connectivity index (χ1v) is 5.47. The number of carbonyl (C=O) groups excluding carboxylic acids is 2. The highest BCUT2D eigenvalue weighted by Crippen LogP contribution is 2.26. The van der Waals surface area contributed by atoms with Crippen molar-refractivity contribution in [3.05, 3.63) is 0 Å². The minimum absolute atomic E-state index is 0.216. The van der Waals surface area contributed by atoms with E-state index in [1.54, 1.807) is 6.92 Å². The van der Waals surface area contributed by atoms with Gasteiger partial charge in [0.2, 0.25) is 11.8 Å². The first kappa shape index (κ1) is 14.7.